The number of thioether (sulfide) groups is 1. The average Bonchev–Trinajstić information content (AvgIpc) is 2.69. The molecular formula is C10H19NOS. The molecule has 0 aromatic heterocycles. The van der Waals surface area contributed by atoms with Crippen LogP contribution in [0.5, 0.6) is 0 Å². The molecule has 2 fully saturated rings. The Labute approximate surface area is 84.8 Å². The molecule has 2 unspecified atom stereocenters. The minimum atomic E-state index is 0.562. The lowest BCUT2D eigenvalue weighted by Gasteiger charge is -2.23. The summed E-state index contributed by atoms with van der Waals surface area (Å²) in [4.78, 5) is 0. The Morgan fingerprint density at radius 3 is 3.00 bits per heavy atom. The second kappa shape index (κ2) is 5.23. The van der Waals surface area contributed by atoms with Gasteiger partial charge in [-0.15, -0.1) is 0 Å². The Bertz CT molecular complexity index is 142. The minimum Gasteiger partial charge on any atom is -0.377 e. The van der Waals surface area contributed by atoms with Gasteiger partial charge in [0.25, 0.3) is 0 Å². The van der Waals surface area contributed by atoms with Crippen LogP contribution in [0.2, 0.25) is 0 Å². The summed E-state index contributed by atoms with van der Waals surface area (Å²) < 4.78 is 5.60. The molecule has 0 radical (unpaired) electrons. The van der Waals surface area contributed by atoms with E-state index in [9.17, 15) is 0 Å². The van der Waals surface area contributed by atoms with Crippen LogP contribution in [0.15, 0.2) is 0 Å². The highest BCUT2D eigenvalue weighted by molar-refractivity contribution is 7.99. The summed E-state index contributed by atoms with van der Waals surface area (Å²) in [6, 6.07) is 0. The molecule has 0 bridgehead atoms. The Morgan fingerprint density at radius 2 is 2.31 bits per heavy atom. The summed E-state index contributed by atoms with van der Waals surface area (Å²) in [5, 5.41) is 4.29. The lowest BCUT2D eigenvalue weighted by molar-refractivity contribution is 0.128. The normalized spacial score (nSPS) is 35.1. The summed E-state index contributed by atoms with van der Waals surface area (Å²) in [6.45, 7) is 3.42. The molecule has 0 aromatic rings. The second-order valence-corrected chi connectivity index (χ2v) is 5.27. The molecule has 0 aliphatic carbocycles. The van der Waals surface area contributed by atoms with Crippen molar-refractivity contribution in [2.24, 2.45) is 0 Å². The average molecular weight is 201 g/mol. The first-order valence-corrected chi connectivity index (χ1v) is 6.44. The fourth-order valence-corrected chi connectivity index (χ4v) is 3.30. The van der Waals surface area contributed by atoms with Crippen LogP contribution in [-0.4, -0.2) is 36.8 Å². The van der Waals surface area contributed by atoms with Gasteiger partial charge in [-0.05, 0) is 32.2 Å². The molecule has 76 valence electrons. The van der Waals surface area contributed by atoms with Crippen LogP contribution in [0.3, 0.4) is 0 Å². The van der Waals surface area contributed by atoms with Crippen LogP contribution in [0, 0.1) is 0 Å². The zero-order chi connectivity index (χ0) is 8.93. The maximum atomic E-state index is 5.60. The number of hydrogen-bond donors (Lipinski definition) is 1. The third-order valence-electron chi connectivity index (χ3n) is 2.79. The van der Waals surface area contributed by atoms with E-state index in [1.807, 2.05) is 0 Å². The third kappa shape index (κ3) is 3.15. The summed E-state index contributed by atoms with van der Waals surface area (Å²) in [5.74, 6) is 1.21. The van der Waals surface area contributed by atoms with Crippen LogP contribution < -0.4 is 5.32 Å². The maximum absolute atomic E-state index is 5.60. The molecular weight excluding hydrogens is 182 g/mol. The van der Waals surface area contributed by atoms with Crippen LogP contribution in [-0.2, 0) is 4.74 Å². The first kappa shape index (κ1) is 9.81. The van der Waals surface area contributed by atoms with Crippen molar-refractivity contribution < 1.29 is 4.74 Å². The fourth-order valence-electron chi connectivity index (χ4n) is 1.98. The van der Waals surface area contributed by atoms with Crippen LogP contribution in [0.4, 0.5) is 0 Å². The van der Waals surface area contributed by atoms with Gasteiger partial charge in [0.2, 0.25) is 0 Å². The number of rotatable bonds is 3. The largest absolute Gasteiger partial charge is 0.377 e. The van der Waals surface area contributed by atoms with Crippen LogP contribution in [0.25, 0.3) is 0 Å². The van der Waals surface area contributed by atoms with E-state index in [0.29, 0.717) is 6.10 Å². The third-order valence-corrected chi connectivity index (χ3v) is 4.23. The van der Waals surface area contributed by atoms with E-state index in [0.717, 1.165) is 11.9 Å². The lowest BCUT2D eigenvalue weighted by atomic mass is 10.2. The number of hydrogen-bond acceptors (Lipinski definition) is 3. The molecule has 2 heterocycles. The van der Waals surface area contributed by atoms with Gasteiger partial charge in [-0.1, -0.05) is 0 Å². The van der Waals surface area contributed by atoms with E-state index >= 15 is 0 Å². The van der Waals surface area contributed by atoms with E-state index in [1.165, 1.54) is 44.5 Å². The first-order valence-electron chi connectivity index (χ1n) is 5.39. The predicted molar refractivity (Wildman–Crippen MR) is 57.3 cm³/mol. The Hall–Kier alpha value is 0.270. The highest BCUT2D eigenvalue weighted by Gasteiger charge is 2.19. The Kier molecular flexibility index (Phi) is 3.94. The zero-order valence-electron chi connectivity index (χ0n) is 8.13. The quantitative estimate of drug-likeness (QED) is 0.750. The molecule has 2 aliphatic rings. The van der Waals surface area contributed by atoms with Crippen molar-refractivity contribution in [1.29, 1.82) is 0 Å². The second-order valence-electron chi connectivity index (χ2n) is 3.94. The van der Waals surface area contributed by atoms with Gasteiger partial charge in [0, 0.05) is 24.2 Å². The van der Waals surface area contributed by atoms with Gasteiger partial charge in [0.15, 0.2) is 0 Å². The molecule has 0 spiro atoms. The lowest BCUT2D eigenvalue weighted by Crippen LogP contribution is -2.32. The van der Waals surface area contributed by atoms with Crippen molar-refractivity contribution in [2.45, 2.75) is 37.0 Å². The molecule has 0 saturated carbocycles. The fraction of sp³-hybridized carbons (Fsp3) is 1.00. The van der Waals surface area contributed by atoms with Crippen molar-refractivity contribution in [3.05, 3.63) is 0 Å². The maximum Gasteiger partial charge on any atom is 0.0666 e. The molecule has 2 saturated heterocycles. The minimum absolute atomic E-state index is 0.562. The monoisotopic (exact) mass is 201 g/mol. The van der Waals surface area contributed by atoms with Gasteiger partial charge in [-0.25, -0.2) is 0 Å². The molecule has 2 nitrogen and oxygen atoms in total. The smallest absolute Gasteiger partial charge is 0.0666 e. The molecule has 1 N–H and O–H groups in total. The summed E-state index contributed by atoms with van der Waals surface area (Å²) in [6.07, 6.45) is 5.86. The summed E-state index contributed by atoms with van der Waals surface area (Å²) in [5.41, 5.74) is 0. The molecule has 0 aromatic carbocycles. The van der Waals surface area contributed by atoms with Gasteiger partial charge >= 0.3 is 0 Å². The molecule has 2 aliphatic heterocycles. The molecule has 2 rings (SSSR count). The summed E-state index contributed by atoms with van der Waals surface area (Å²) >= 11 is 2.11. The highest BCUT2D eigenvalue weighted by Crippen LogP contribution is 2.23. The number of piperidine rings is 1. The zero-order valence-corrected chi connectivity index (χ0v) is 8.94. The topological polar surface area (TPSA) is 21.3 Å². The molecule has 0 amide bonds. The van der Waals surface area contributed by atoms with Gasteiger partial charge in [-0.2, -0.15) is 11.8 Å². The van der Waals surface area contributed by atoms with Crippen molar-refractivity contribution in [1.82, 2.24) is 5.32 Å². The Morgan fingerprint density at radius 1 is 1.31 bits per heavy atom. The van der Waals surface area contributed by atoms with Crippen molar-refractivity contribution in [2.75, 3.05) is 25.4 Å². The number of nitrogens with one attached hydrogen (secondary N) is 1. The standard InChI is InChI=1S/C10H19NOS/c1-4-10(7-11-5-1)13-8-9-3-2-6-12-9/h9-11H,1-8H2. The van der Waals surface area contributed by atoms with Crippen LogP contribution >= 0.6 is 11.8 Å². The predicted octanol–water partition coefficient (Wildman–Crippen LogP) is 1.65. The Balaban J connectivity index is 1.60. The van der Waals surface area contributed by atoms with Crippen molar-refractivity contribution in [3.63, 3.8) is 0 Å². The van der Waals surface area contributed by atoms with E-state index in [4.69, 9.17) is 4.74 Å². The van der Waals surface area contributed by atoms with Gasteiger partial charge in [0.05, 0.1) is 6.10 Å². The molecule has 3 heteroatoms. The van der Waals surface area contributed by atoms with Crippen LogP contribution in [0.1, 0.15) is 25.7 Å². The van der Waals surface area contributed by atoms with Gasteiger partial charge < -0.3 is 10.1 Å². The summed E-state index contributed by atoms with van der Waals surface area (Å²) in [7, 11) is 0. The van der Waals surface area contributed by atoms with E-state index in [2.05, 4.69) is 17.1 Å². The molecule has 2 atom stereocenters. The van der Waals surface area contributed by atoms with Crippen molar-refractivity contribution >= 4 is 11.8 Å². The van der Waals surface area contributed by atoms with Gasteiger partial charge in [-0.3, -0.25) is 0 Å². The van der Waals surface area contributed by atoms with Crippen molar-refractivity contribution in [3.8, 4) is 0 Å². The van der Waals surface area contributed by atoms with E-state index in [1.54, 1.807) is 0 Å². The highest BCUT2D eigenvalue weighted by atomic mass is 32.2. The van der Waals surface area contributed by atoms with Gasteiger partial charge in [0.1, 0.15) is 0 Å². The number of ether oxygens (including phenoxy) is 1. The molecule has 13 heavy (non-hydrogen) atoms. The van der Waals surface area contributed by atoms with E-state index in [-0.39, 0.29) is 0 Å². The van der Waals surface area contributed by atoms with E-state index < -0.39 is 0 Å². The SMILES string of the molecule is C1COC(CSC2CCCNC2)C1. The first-order chi connectivity index (χ1) is 6.45.